The molecule has 1 atom stereocenters. The van der Waals surface area contributed by atoms with Gasteiger partial charge in [-0.25, -0.2) is 4.98 Å². The number of aromatic nitrogens is 1. The van der Waals surface area contributed by atoms with Gasteiger partial charge in [-0.2, -0.15) is 0 Å². The highest BCUT2D eigenvalue weighted by molar-refractivity contribution is 5.93. The quantitative estimate of drug-likeness (QED) is 0.411. The average Bonchev–Trinajstić information content (AvgIpc) is 3.57. The highest BCUT2D eigenvalue weighted by Gasteiger charge is 2.31. The van der Waals surface area contributed by atoms with Crippen LogP contribution in [0.2, 0.25) is 0 Å². The molecule has 180 valence electrons. The van der Waals surface area contributed by atoms with Gasteiger partial charge in [0.2, 0.25) is 5.88 Å². The zero-order valence-corrected chi connectivity index (χ0v) is 19.6. The first-order valence-corrected chi connectivity index (χ1v) is 11.9. The third-order valence-corrected chi connectivity index (χ3v) is 5.92. The Morgan fingerprint density at radius 1 is 1.28 bits per heavy atom. The lowest BCUT2D eigenvalue weighted by atomic mass is 10.0. The van der Waals surface area contributed by atoms with Crippen molar-refractivity contribution in [2.45, 2.75) is 58.1 Å². The topological polar surface area (TPSA) is 72.9 Å². The number of carbonyl (C=O) groups excluding carboxylic acids is 1. The van der Waals surface area contributed by atoms with Crippen molar-refractivity contribution < 1.29 is 23.4 Å². The summed E-state index contributed by atoms with van der Waals surface area (Å²) in [6.45, 7) is 6.83. The lowest BCUT2D eigenvalue weighted by molar-refractivity contribution is 0.0779. The van der Waals surface area contributed by atoms with E-state index in [0.29, 0.717) is 49.7 Å². The Balaban J connectivity index is 1.64. The summed E-state index contributed by atoms with van der Waals surface area (Å²) in [5.41, 5.74) is 1.24. The molecule has 0 spiro atoms. The predicted octanol–water partition coefficient (Wildman–Crippen LogP) is 3.62. The van der Waals surface area contributed by atoms with Crippen LogP contribution in [0.25, 0.3) is 0 Å². The van der Waals surface area contributed by atoms with Gasteiger partial charge in [0.25, 0.3) is 5.91 Å². The van der Waals surface area contributed by atoms with Crippen molar-refractivity contribution in [3.05, 3.63) is 17.8 Å². The normalized spacial score (nSPS) is 17.3. The fourth-order valence-electron chi connectivity index (χ4n) is 3.54. The van der Waals surface area contributed by atoms with Gasteiger partial charge < -0.3 is 24.4 Å². The lowest BCUT2D eigenvalue weighted by Crippen LogP contribution is -2.52. The van der Waals surface area contributed by atoms with E-state index in [2.05, 4.69) is 29.0 Å². The number of carbonyl (C=O) groups is 1. The Morgan fingerprint density at radius 3 is 2.72 bits per heavy atom. The first-order chi connectivity index (χ1) is 15.5. The molecule has 7 nitrogen and oxygen atoms in total. The van der Waals surface area contributed by atoms with E-state index in [1.807, 2.05) is 6.07 Å². The number of hydrogen-bond donors (Lipinski definition) is 1. The van der Waals surface area contributed by atoms with E-state index in [4.69, 9.17) is 14.2 Å². The number of ether oxygens (including phenoxy) is 3. The Kier molecular flexibility index (Phi) is 9.53. The highest BCUT2D eigenvalue weighted by Crippen LogP contribution is 2.34. The number of alkyl halides is 1. The van der Waals surface area contributed by atoms with Gasteiger partial charge in [-0.05, 0) is 56.1 Å². The number of rotatable bonds is 15. The number of methoxy groups -OCH3 is 1. The van der Waals surface area contributed by atoms with Crippen LogP contribution in [0.1, 0.15) is 56.4 Å². The minimum Gasteiger partial charge on any atom is -0.476 e. The van der Waals surface area contributed by atoms with Crippen LogP contribution in [0.15, 0.2) is 12.1 Å². The molecule has 0 radical (unpaired) electrons. The molecule has 0 unspecified atom stereocenters. The maximum Gasteiger partial charge on any atom is 0.270 e. The highest BCUT2D eigenvalue weighted by atomic mass is 19.1. The van der Waals surface area contributed by atoms with Crippen LogP contribution in [-0.2, 0) is 9.47 Å². The first-order valence-electron chi connectivity index (χ1n) is 11.9. The van der Waals surface area contributed by atoms with Crippen LogP contribution in [-0.4, -0.2) is 69.7 Å². The van der Waals surface area contributed by atoms with E-state index < -0.39 is 6.67 Å². The van der Waals surface area contributed by atoms with Crippen molar-refractivity contribution in [3.8, 4) is 5.88 Å². The van der Waals surface area contributed by atoms with Crippen molar-refractivity contribution in [3.63, 3.8) is 0 Å². The second kappa shape index (κ2) is 12.3. The summed E-state index contributed by atoms with van der Waals surface area (Å²) in [4.78, 5) is 19.7. The summed E-state index contributed by atoms with van der Waals surface area (Å²) in [5.74, 6) is 1.38. The zero-order valence-electron chi connectivity index (χ0n) is 19.6. The van der Waals surface area contributed by atoms with Crippen LogP contribution in [0.5, 0.6) is 5.88 Å². The summed E-state index contributed by atoms with van der Waals surface area (Å²) < 4.78 is 29.3. The minimum absolute atomic E-state index is 0.139. The fourth-order valence-corrected chi connectivity index (χ4v) is 3.54. The monoisotopic (exact) mass is 451 g/mol. The van der Waals surface area contributed by atoms with E-state index >= 15 is 0 Å². The van der Waals surface area contributed by atoms with Gasteiger partial charge in [-0.15, -0.1) is 0 Å². The summed E-state index contributed by atoms with van der Waals surface area (Å²) in [5, 5.41) is 3.05. The van der Waals surface area contributed by atoms with Gasteiger partial charge in [-0.3, -0.25) is 9.18 Å². The molecule has 2 fully saturated rings. The molecule has 1 aliphatic heterocycles. The number of nitrogens with one attached hydrogen (secondary N) is 1. The molecular formula is C24H38FN3O4. The molecule has 8 heteroatoms. The molecule has 2 heterocycles. The second-order valence-corrected chi connectivity index (χ2v) is 9.30. The number of nitrogens with zero attached hydrogens (tertiary/aromatic N) is 2. The number of hydrogen-bond acceptors (Lipinski definition) is 6. The van der Waals surface area contributed by atoms with Crippen LogP contribution < -0.4 is 15.0 Å². The average molecular weight is 452 g/mol. The molecule has 1 aliphatic carbocycles. The van der Waals surface area contributed by atoms with Gasteiger partial charge in [0.1, 0.15) is 11.4 Å². The summed E-state index contributed by atoms with van der Waals surface area (Å²) in [6, 6.07) is 3.52. The van der Waals surface area contributed by atoms with E-state index in [-0.39, 0.29) is 18.1 Å². The van der Waals surface area contributed by atoms with E-state index in [1.165, 1.54) is 12.8 Å². The Bertz CT molecular complexity index is 723. The van der Waals surface area contributed by atoms with Gasteiger partial charge in [0.15, 0.2) is 0 Å². The molecule has 1 aromatic heterocycles. The summed E-state index contributed by atoms with van der Waals surface area (Å²) in [6.07, 6.45) is 4.73. The maximum absolute atomic E-state index is 13.0. The molecule has 1 N–H and O–H groups in total. The number of anilines is 1. The lowest BCUT2D eigenvalue weighted by Gasteiger charge is -2.40. The van der Waals surface area contributed by atoms with Gasteiger partial charge in [0.05, 0.1) is 32.0 Å². The maximum atomic E-state index is 13.0. The van der Waals surface area contributed by atoms with Crippen LogP contribution in [0.4, 0.5) is 10.1 Å². The minimum atomic E-state index is -0.398. The molecule has 0 aromatic carbocycles. The largest absolute Gasteiger partial charge is 0.476 e. The number of amides is 1. The Labute approximate surface area is 191 Å². The smallest absolute Gasteiger partial charge is 0.270 e. The van der Waals surface area contributed by atoms with Crippen LogP contribution in [0, 0.1) is 11.8 Å². The van der Waals surface area contributed by atoms with Gasteiger partial charge in [0, 0.05) is 26.8 Å². The van der Waals surface area contributed by atoms with Gasteiger partial charge in [-0.1, -0.05) is 13.8 Å². The zero-order chi connectivity index (χ0) is 22.9. The summed E-state index contributed by atoms with van der Waals surface area (Å²) >= 11 is 0. The van der Waals surface area contributed by atoms with Crippen molar-refractivity contribution in [2.24, 2.45) is 11.8 Å². The molecule has 1 saturated heterocycles. The third kappa shape index (κ3) is 7.59. The molecule has 2 aliphatic rings. The van der Waals surface area contributed by atoms with E-state index in [9.17, 15) is 9.18 Å². The molecule has 1 saturated carbocycles. The van der Waals surface area contributed by atoms with E-state index in [0.717, 1.165) is 31.6 Å². The fraction of sp³-hybridized carbons (Fsp3) is 0.750. The number of halogens is 1. The first kappa shape index (κ1) is 24.7. The predicted molar refractivity (Wildman–Crippen MR) is 122 cm³/mol. The van der Waals surface area contributed by atoms with Crippen LogP contribution in [0.3, 0.4) is 0 Å². The van der Waals surface area contributed by atoms with Crippen LogP contribution >= 0.6 is 0 Å². The standard InChI is InChI=1S/C24H38FN3O4/c1-17(2)5-8-19(16-31-12-4-11-25)26-23(29)21-9-10-22(28-13-20(14-28)30-3)24(27-21)32-15-18-6-7-18/h9-10,17-20H,4-8,11-16H2,1-3H3,(H,26,29)/t19-/m0/s1. The SMILES string of the molecule is COC1CN(c2ccc(C(=O)N[C@@H](CCC(C)C)COCCCF)nc2OCC2CC2)C1. The summed E-state index contributed by atoms with van der Waals surface area (Å²) in [7, 11) is 1.72. The van der Waals surface area contributed by atoms with Crippen molar-refractivity contribution >= 4 is 11.6 Å². The Morgan fingerprint density at radius 2 is 2.06 bits per heavy atom. The molecule has 32 heavy (non-hydrogen) atoms. The molecule has 0 bridgehead atoms. The van der Waals surface area contributed by atoms with Gasteiger partial charge >= 0.3 is 0 Å². The van der Waals surface area contributed by atoms with Crippen molar-refractivity contribution in [1.82, 2.24) is 10.3 Å². The Hall–Kier alpha value is -1.93. The van der Waals surface area contributed by atoms with E-state index in [1.54, 1.807) is 13.2 Å². The third-order valence-electron chi connectivity index (χ3n) is 5.92. The second-order valence-electron chi connectivity index (χ2n) is 9.30. The molecule has 1 amide bonds. The van der Waals surface area contributed by atoms with Crippen molar-refractivity contribution in [2.75, 3.05) is 51.6 Å². The molecule has 1 aromatic rings. The molecule has 3 rings (SSSR count). The number of pyridine rings is 1. The molecular weight excluding hydrogens is 413 g/mol. The van der Waals surface area contributed by atoms with Crippen molar-refractivity contribution in [1.29, 1.82) is 0 Å².